The molecule has 0 aromatic rings. The second-order valence-electron chi connectivity index (χ2n) is 25.5. The zero-order valence-corrected chi connectivity index (χ0v) is 66.2. The molecule has 5 unspecified atom stereocenters. The van der Waals surface area contributed by atoms with Gasteiger partial charge in [0.25, 0.3) is 0 Å². The fraction of sp³-hybridized carbons (Fsp3) is 0.624. The Morgan fingerprint density at radius 1 is 0.288 bits per heavy atom. The third-order valence-electron chi connectivity index (χ3n) is 15.7. The van der Waals surface area contributed by atoms with Crippen LogP contribution in [0.15, 0.2) is 170 Å². The van der Waals surface area contributed by atoms with Gasteiger partial charge in [-0.15, -0.1) is 0 Å². The van der Waals surface area contributed by atoms with Crippen LogP contribution in [0.3, 0.4) is 0 Å². The molecule has 0 spiro atoms. The van der Waals surface area contributed by atoms with Crippen molar-refractivity contribution in [3.05, 3.63) is 170 Å². The second-order valence-corrected chi connectivity index (χ2v) is 28.4. The molecule has 17 nitrogen and oxygen atoms in total. The molecule has 19 heteroatoms. The number of esters is 4. The fourth-order valence-electron chi connectivity index (χ4n) is 9.85. The van der Waals surface area contributed by atoms with Gasteiger partial charge in [0, 0.05) is 19.3 Å². The van der Waals surface area contributed by atoms with Crippen molar-refractivity contribution in [3.63, 3.8) is 0 Å². The van der Waals surface area contributed by atoms with Gasteiger partial charge in [0.05, 0.1) is 32.8 Å². The van der Waals surface area contributed by atoms with Crippen LogP contribution in [0.2, 0.25) is 0 Å². The summed E-state index contributed by atoms with van der Waals surface area (Å²) < 4.78 is 68.4. The molecule has 0 saturated heterocycles. The first-order valence-corrected chi connectivity index (χ1v) is 42.4. The van der Waals surface area contributed by atoms with E-state index in [9.17, 15) is 43.2 Å². The van der Waals surface area contributed by atoms with Crippen molar-refractivity contribution in [2.24, 2.45) is 0 Å². The molecular weight excluding hydrogens is 1350 g/mol. The van der Waals surface area contributed by atoms with Crippen LogP contribution in [-0.2, 0) is 65.4 Å². The Morgan fingerprint density at radius 3 is 0.885 bits per heavy atom. The Hall–Kier alpha value is -5.58. The normalized spacial score (nSPS) is 14.8. The highest BCUT2D eigenvalue weighted by atomic mass is 31.2. The molecule has 0 heterocycles. The predicted octanol–water partition coefficient (Wildman–Crippen LogP) is 23.0. The van der Waals surface area contributed by atoms with Crippen LogP contribution in [0.25, 0.3) is 0 Å². The number of hydrogen-bond acceptors (Lipinski definition) is 15. The van der Waals surface area contributed by atoms with E-state index < -0.39 is 97.5 Å². The van der Waals surface area contributed by atoms with Crippen LogP contribution in [-0.4, -0.2) is 96.7 Å². The van der Waals surface area contributed by atoms with Crippen molar-refractivity contribution in [1.29, 1.82) is 0 Å². The summed E-state index contributed by atoms with van der Waals surface area (Å²) in [6, 6.07) is 0. The van der Waals surface area contributed by atoms with E-state index in [0.717, 1.165) is 135 Å². The van der Waals surface area contributed by atoms with Gasteiger partial charge >= 0.3 is 39.5 Å². The Kier molecular flexibility index (Phi) is 71.6. The largest absolute Gasteiger partial charge is 0.472 e. The zero-order chi connectivity index (χ0) is 76.0. The molecule has 0 aliphatic carbocycles. The van der Waals surface area contributed by atoms with Gasteiger partial charge < -0.3 is 33.8 Å². The van der Waals surface area contributed by atoms with Gasteiger partial charge in [-0.2, -0.15) is 0 Å². The lowest BCUT2D eigenvalue weighted by molar-refractivity contribution is -0.161. The van der Waals surface area contributed by atoms with E-state index in [1.165, 1.54) is 64.2 Å². The highest BCUT2D eigenvalue weighted by molar-refractivity contribution is 7.47. The summed E-state index contributed by atoms with van der Waals surface area (Å²) in [4.78, 5) is 72.9. The summed E-state index contributed by atoms with van der Waals surface area (Å²) in [5.74, 6) is -2.43. The number of aliphatic hydroxyl groups excluding tert-OH is 1. The minimum atomic E-state index is -5.01. The number of aliphatic hydroxyl groups is 1. The van der Waals surface area contributed by atoms with Gasteiger partial charge in [-0.1, -0.05) is 301 Å². The Bertz CT molecular complexity index is 2640. The average Bonchev–Trinajstić information content (AvgIpc) is 0.926. The van der Waals surface area contributed by atoms with Crippen molar-refractivity contribution in [1.82, 2.24) is 0 Å². The van der Waals surface area contributed by atoms with E-state index >= 15 is 0 Å². The van der Waals surface area contributed by atoms with E-state index in [0.29, 0.717) is 32.1 Å². The number of phosphoric ester groups is 2. The summed E-state index contributed by atoms with van der Waals surface area (Å²) in [7, 11) is -10.0. The molecule has 0 aliphatic rings. The maximum Gasteiger partial charge on any atom is 0.472 e. The molecule has 0 fully saturated rings. The maximum atomic E-state index is 13.1. The Labute approximate surface area is 629 Å². The first-order chi connectivity index (χ1) is 50.7. The van der Waals surface area contributed by atoms with Crippen molar-refractivity contribution in [3.8, 4) is 0 Å². The number of hydrogen-bond donors (Lipinski definition) is 3. The lowest BCUT2D eigenvalue weighted by Crippen LogP contribution is -2.30. The number of phosphoric acid groups is 2. The minimum Gasteiger partial charge on any atom is -0.462 e. The van der Waals surface area contributed by atoms with Crippen LogP contribution in [0.1, 0.15) is 285 Å². The summed E-state index contributed by atoms with van der Waals surface area (Å²) in [5.41, 5.74) is 0. The van der Waals surface area contributed by atoms with Crippen molar-refractivity contribution in [2.45, 2.75) is 303 Å². The van der Waals surface area contributed by atoms with Crippen molar-refractivity contribution < 1.29 is 80.2 Å². The lowest BCUT2D eigenvalue weighted by atomic mass is 10.0. The van der Waals surface area contributed by atoms with E-state index in [1.807, 2.05) is 30.4 Å². The van der Waals surface area contributed by atoms with E-state index in [2.05, 4.69) is 161 Å². The number of carbonyl (C=O) groups is 4. The SMILES string of the molecule is CC/C=C\C/C=C\C/C=C\C/C=C\C/C=C\CCCC(=O)OCC(COP(=O)(O)OCC(O)COP(=O)(O)OCC(COC(=O)C/C=C\C/C=C\C/C=C\C/C=C\C/C=C\CC)OC(=O)CCCCCCCCCCCCCCCCC)OC(=O)CCCCCC/C=C\C/C=C\C/C=C\C/C=C\CC. The molecule has 0 radical (unpaired) electrons. The van der Waals surface area contributed by atoms with Crippen molar-refractivity contribution in [2.75, 3.05) is 39.6 Å². The topological polar surface area (TPSA) is 237 Å². The molecule has 5 atom stereocenters. The van der Waals surface area contributed by atoms with Gasteiger partial charge in [0.15, 0.2) is 12.2 Å². The molecule has 0 aliphatic heterocycles. The third kappa shape index (κ3) is 74.7. The monoisotopic (exact) mass is 1490 g/mol. The van der Waals surface area contributed by atoms with Crippen LogP contribution in [0.4, 0.5) is 0 Å². The summed E-state index contributed by atoms with van der Waals surface area (Å²) in [6.07, 6.45) is 89.5. The van der Waals surface area contributed by atoms with Gasteiger partial charge in [0.1, 0.15) is 19.3 Å². The van der Waals surface area contributed by atoms with Gasteiger partial charge in [0.2, 0.25) is 0 Å². The molecule has 0 bridgehead atoms. The van der Waals surface area contributed by atoms with Crippen molar-refractivity contribution >= 4 is 39.5 Å². The Morgan fingerprint density at radius 2 is 0.548 bits per heavy atom. The Balaban J connectivity index is 5.51. The first-order valence-electron chi connectivity index (χ1n) is 39.4. The number of rotatable bonds is 72. The fourth-order valence-corrected chi connectivity index (χ4v) is 11.4. The molecule has 3 N–H and O–H groups in total. The van der Waals surface area contributed by atoms with Gasteiger partial charge in [-0.05, 0) is 128 Å². The summed E-state index contributed by atoms with van der Waals surface area (Å²) >= 11 is 0. The minimum absolute atomic E-state index is 0.0465. The number of unbranched alkanes of at least 4 members (excludes halogenated alkanes) is 19. The summed E-state index contributed by atoms with van der Waals surface area (Å²) in [5, 5.41) is 10.6. The van der Waals surface area contributed by atoms with E-state index in [-0.39, 0.29) is 25.7 Å². The summed E-state index contributed by atoms with van der Waals surface area (Å²) in [6.45, 7) is 4.32. The zero-order valence-electron chi connectivity index (χ0n) is 64.4. The standard InChI is InChI=1S/C85H138O17P2/c1-5-9-13-17-21-25-29-33-37-39-43-46-50-54-58-62-66-70-83(88)96-76-81(102-85(90)72-68-64-60-56-52-48-44-40-38-34-30-26-22-18-14-10-6-2)78-100-104(93,94)98-74-79(86)73-97-103(91,92)99-77-80(101-84(89)71-67-63-59-55-51-47-42-36-32-28-24-20-16-12-8-4)75-95-82(87)69-65-61-57-53-49-45-41-35-31-27-23-19-15-11-7-3/h9-11,13-15,21-23,25-27,33-35,37-38,41,43-44,46,48-49,53-54,58,61,65,79-81,86H,5-8,12,16-20,24,28-32,36,39-40,42,45,47,50-52,55-57,59-60,62-64,66-78H2,1-4H3,(H,91,92)(H,93,94)/b13-9-,14-10-,15-11-,25-21-,26-22-,27-23-,37-33-,38-34-,41-35-,46-43-,48-44-,53-49-,58-54-,65-61-. The second kappa shape index (κ2) is 75.6. The molecule has 104 heavy (non-hydrogen) atoms. The van der Waals surface area contributed by atoms with Gasteiger partial charge in [-0.3, -0.25) is 37.3 Å². The van der Waals surface area contributed by atoms with Crippen LogP contribution in [0, 0.1) is 0 Å². The van der Waals surface area contributed by atoms with E-state index in [1.54, 1.807) is 6.08 Å². The molecule has 0 rings (SSSR count). The molecule has 0 aromatic carbocycles. The number of ether oxygens (including phenoxy) is 4. The number of allylic oxidation sites excluding steroid dienone is 27. The van der Waals surface area contributed by atoms with Gasteiger partial charge in [-0.25, -0.2) is 9.13 Å². The maximum absolute atomic E-state index is 13.1. The molecule has 590 valence electrons. The molecule has 0 aromatic heterocycles. The molecule has 0 saturated carbocycles. The van der Waals surface area contributed by atoms with Crippen LogP contribution in [0.5, 0.6) is 0 Å². The first kappa shape index (κ1) is 98.4. The molecule has 0 amide bonds. The molecular formula is C85H138O17P2. The number of carbonyl (C=O) groups excluding carboxylic acids is 4. The highest BCUT2D eigenvalue weighted by Crippen LogP contribution is 2.45. The smallest absolute Gasteiger partial charge is 0.462 e. The third-order valence-corrected chi connectivity index (χ3v) is 17.6. The van der Waals surface area contributed by atoms with Crippen LogP contribution >= 0.6 is 15.6 Å². The predicted molar refractivity (Wildman–Crippen MR) is 426 cm³/mol. The van der Waals surface area contributed by atoms with E-state index in [4.69, 9.17) is 37.0 Å². The van der Waals surface area contributed by atoms with Crippen LogP contribution < -0.4 is 0 Å². The highest BCUT2D eigenvalue weighted by Gasteiger charge is 2.30. The average molecular weight is 1490 g/mol. The lowest BCUT2D eigenvalue weighted by Gasteiger charge is -2.21. The quantitative estimate of drug-likeness (QED) is 0.0169.